The van der Waals surface area contributed by atoms with Gasteiger partial charge in [-0.15, -0.1) is 0 Å². The van der Waals surface area contributed by atoms with Gasteiger partial charge in [-0.05, 0) is 0 Å². The van der Waals surface area contributed by atoms with Gasteiger partial charge < -0.3 is 0 Å². The van der Waals surface area contributed by atoms with E-state index in [0.29, 0.717) is 6.42 Å². The standard InChI is InChI=1S/C16H32O2.Hg/c1-2-3-4-5-6-7-8-9-10-11-12-13-14-15-16(17)18;/h2-15H2,1H3,(H,17,18);/q;+1/p-1. The van der Waals surface area contributed by atoms with E-state index in [1.54, 1.807) is 0 Å². The average molecular weight is 456 g/mol. The van der Waals surface area contributed by atoms with Crippen LogP contribution in [0.4, 0.5) is 0 Å². The molecule has 0 saturated heterocycles. The van der Waals surface area contributed by atoms with E-state index in [0.717, 1.165) is 6.42 Å². The van der Waals surface area contributed by atoms with Gasteiger partial charge in [0.05, 0.1) is 0 Å². The van der Waals surface area contributed by atoms with Crippen molar-refractivity contribution < 1.29 is 34.0 Å². The van der Waals surface area contributed by atoms with Crippen LogP contribution in [0.1, 0.15) is 96.8 Å². The van der Waals surface area contributed by atoms with Crippen molar-refractivity contribution in [2.45, 2.75) is 96.8 Å². The summed E-state index contributed by atoms with van der Waals surface area (Å²) in [5, 5.41) is 0. The predicted molar refractivity (Wildman–Crippen MR) is 76.4 cm³/mol. The number of carbonyl (C=O) groups excluding carboxylic acids is 1. The Morgan fingerprint density at radius 3 is 1.47 bits per heavy atom. The molecule has 0 unspecified atom stereocenters. The van der Waals surface area contributed by atoms with E-state index in [9.17, 15) is 4.79 Å². The van der Waals surface area contributed by atoms with Crippen LogP contribution in [0.15, 0.2) is 0 Å². The predicted octanol–water partition coefficient (Wildman–Crippen LogP) is 5.47. The first-order valence-corrected chi connectivity index (χ1v) is 10.5. The second-order valence-electron chi connectivity index (χ2n) is 5.51. The van der Waals surface area contributed by atoms with Crippen LogP contribution in [0, 0.1) is 0 Å². The molecule has 0 aromatic rings. The van der Waals surface area contributed by atoms with Gasteiger partial charge in [0, 0.05) is 0 Å². The minimum atomic E-state index is 0.0198. The van der Waals surface area contributed by atoms with Gasteiger partial charge in [-0.3, -0.25) is 0 Å². The van der Waals surface area contributed by atoms with Crippen LogP contribution in [0.2, 0.25) is 0 Å². The summed E-state index contributed by atoms with van der Waals surface area (Å²) in [6.45, 7) is 2.27. The van der Waals surface area contributed by atoms with Gasteiger partial charge in [0.2, 0.25) is 0 Å². The van der Waals surface area contributed by atoms with E-state index in [-0.39, 0.29) is 32.5 Å². The molecule has 0 spiro atoms. The minimum absolute atomic E-state index is 0.0198. The summed E-state index contributed by atoms with van der Waals surface area (Å²) < 4.78 is 4.81. The molecule has 19 heavy (non-hydrogen) atoms. The molecular weight excluding hydrogens is 425 g/mol. The average Bonchev–Trinajstić information content (AvgIpc) is 2.43. The van der Waals surface area contributed by atoms with Gasteiger partial charge in [-0.25, -0.2) is 0 Å². The number of carbonyl (C=O) groups is 1. The van der Waals surface area contributed by atoms with Gasteiger partial charge in [0.1, 0.15) is 0 Å². The summed E-state index contributed by atoms with van der Waals surface area (Å²) in [5.74, 6) is 0.0198. The quantitative estimate of drug-likeness (QED) is 0.256. The van der Waals surface area contributed by atoms with Crippen molar-refractivity contribution in [3.63, 3.8) is 0 Å². The molecule has 0 rings (SSSR count). The Hall–Kier alpha value is 0.405. The van der Waals surface area contributed by atoms with Crippen LogP contribution in [-0.4, -0.2) is 5.97 Å². The maximum absolute atomic E-state index is 10.9. The molecule has 0 bridgehead atoms. The van der Waals surface area contributed by atoms with Crippen molar-refractivity contribution in [3.05, 3.63) is 0 Å². The molecule has 0 N–H and O–H groups in total. The third kappa shape index (κ3) is 16.4. The van der Waals surface area contributed by atoms with Crippen LogP contribution in [0.5, 0.6) is 0 Å². The van der Waals surface area contributed by atoms with Crippen molar-refractivity contribution in [1.29, 1.82) is 0 Å². The zero-order chi connectivity index (χ0) is 14.2. The Labute approximate surface area is 136 Å². The SMILES string of the molecule is CCCCCCCCCCCCCCCC(=O)[O][Hg]. The third-order valence-corrected chi connectivity index (χ3v) is 4.90. The van der Waals surface area contributed by atoms with E-state index in [1.807, 2.05) is 0 Å². The zero-order valence-corrected chi connectivity index (χ0v) is 18.4. The molecule has 3 heteroatoms. The van der Waals surface area contributed by atoms with Crippen molar-refractivity contribution >= 4 is 5.97 Å². The maximum atomic E-state index is 10.9. The van der Waals surface area contributed by atoms with Gasteiger partial charge in [-0.2, -0.15) is 0 Å². The van der Waals surface area contributed by atoms with E-state index in [2.05, 4.69) is 6.92 Å². The number of hydrogen-bond donors (Lipinski definition) is 0. The van der Waals surface area contributed by atoms with Gasteiger partial charge in [0.25, 0.3) is 0 Å². The number of rotatable bonds is 14. The first kappa shape index (κ1) is 19.4. The van der Waals surface area contributed by atoms with Crippen LogP contribution in [0.3, 0.4) is 0 Å². The Balaban J connectivity index is 2.97. The van der Waals surface area contributed by atoms with Crippen LogP contribution >= 0.6 is 0 Å². The fourth-order valence-corrected chi connectivity index (χ4v) is 2.92. The Kier molecular flexibility index (Phi) is 16.8. The molecule has 0 amide bonds. The van der Waals surface area contributed by atoms with Crippen molar-refractivity contribution in [2.24, 2.45) is 0 Å². The molecule has 0 aromatic carbocycles. The number of hydrogen-bond acceptors (Lipinski definition) is 2. The molecule has 0 aliphatic heterocycles. The van der Waals surface area contributed by atoms with E-state index < -0.39 is 0 Å². The zero-order valence-electron chi connectivity index (χ0n) is 12.9. The molecule has 0 aromatic heterocycles. The summed E-state index contributed by atoms with van der Waals surface area (Å²) >= 11 is 0.177. The first-order chi connectivity index (χ1) is 9.31. The van der Waals surface area contributed by atoms with E-state index in [4.69, 9.17) is 2.64 Å². The molecule has 0 heterocycles. The molecule has 0 saturated carbocycles. The Morgan fingerprint density at radius 1 is 0.737 bits per heavy atom. The molecule has 2 nitrogen and oxygen atoms in total. The fourth-order valence-electron chi connectivity index (χ4n) is 2.36. The second-order valence-corrected chi connectivity index (χ2v) is 6.63. The molecular formula is C16H31HgO2. The monoisotopic (exact) mass is 457 g/mol. The number of unbranched alkanes of at least 4 members (excludes halogenated alkanes) is 12. The summed E-state index contributed by atoms with van der Waals surface area (Å²) in [5.41, 5.74) is 0. The first-order valence-electron chi connectivity index (χ1n) is 8.26. The summed E-state index contributed by atoms with van der Waals surface area (Å²) in [4.78, 5) is 10.9. The third-order valence-electron chi connectivity index (χ3n) is 3.65. The summed E-state index contributed by atoms with van der Waals surface area (Å²) in [6.07, 6.45) is 18.2. The fraction of sp³-hybridized carbons (Fsp3) is 0.938. The molecule has 0 radical (unpaired) electrons. The normalized spacial score (nSPS) is 10.7. The molecule has 0 aliphatic carbocycles. The molecule has 0 atom stereocenters. The van der Waals surface area contributed by atoms with Gasteiger partial charge >= 0.3 is 104 Å². The van der Waals surface area contributed by atoms with Crippen molar-refractivity contribution in [2.75, 3.05) is 0 Å². The van der Waals surface area contributed by atoms with Crippen LogP contribution in [0.25, 0.3) is 0 Å². The molecule has 0 fully saturated rings. The van der Waals surface area contributed by atoms with Crippen molar-refractivity contribution in [1.82, 2.24) is 0 Å². The van der Waals surface area contributed by atoms with Crippen molar-refractivity contribution in [3.8, 4) is 0 Å². The van der Waals surface area contributed by atoms with Crippen LogP contribution < -0.4 is 0 Å². The second kappa shape index (κ2) is 16.5. The molecule has 109 valence electrons. The van der Waals surface area contributed by atoms with E-state index >= 15 is 0 Å². The van der Waals surface area contributed by atoms with Gasteiger partial charge in [0.15, 0.2) is 0 Å². The Bertz CT molecular complexity index is 195. The van der Waals surface area contributed by atoms with E-state index in [1.165, 1.54) is 77.0 Å². The summed E-state index contributed by atoms with van der Waals surface area (Å²) in [7, 11) is 0. The summed E-state index contributed by atoms with van der Waals surface area (Å²) in [6, 6.07) is 0. The van der Waals surface area contributed by atoms with Gasteiger partial charge in [-0.1, -0.05) is 32.6 Å². The van der Waals surface area contributed by atoms with Crippen LogP contribution in [-0.2, 0) is 34.0 Å². The Morgan fingerprint density at radius 2 is 1.11 bits per heavy atom. The molecule has 0 aliphatic rings. The topological polar surface area (TPSA) is 26.3 Å².